The number of hydrogen-bond donors (Lipinski definition) is 0. The number of methoxy groups -OCH3 is 1. The molecule has 0 aromatic heterocycles. The van der Waals surface area contributed by atoms with Crippen molar-refractivity contribution < 1.29 is 23.8 Å². The SMILES string of the molecule is COC(=O)C1O[C@H]2C=CC[C@H]2N1C(=O)OC(C)(C)C. The van der Waals surface area contributed by atoms with E-state index < -0.39 is 23.9 Å². The lowest BCUT2D eigenvalue weighted by Crippen LogP contribution is -2.48. The second-order valence-electron chi connectivity index (χ2n) is 5.60. The van der Waals surface area contributed by atoms with E-state index in [0.717, 1.165) is 0 Å². The lowest BCUT2D eigenvalue weighted by molar-refractivity contribution is -0.159. The molecule has 0 bridgehead atoms. The molecule has 1 aliphatic carbocycles. The maximum absolute atomic E-state index is 12.2. The molecule has 1 fully saturated rings. The number of nitrogens with zero attached hydrogens (tertiary/aromatic N) is 1. The fourth-order valence-corrected chi connectivity index (χ4v) is 2.23. The van der Waals surface area contributed by atoms with E-state index in [1.165, 1.54) is 12.0 Å². The third-order valence-corrected chi connectivity index (χ3v) is 2.99. The average Bonchev–Trinajstić information content (AvgIpc) is 2.84. The molecule has 0 radical (unpaired) electrons. The second kappa shape index (κ2) is 4.85. The van der Waals surface area contributed by atoms with Crippen molar-refractivity contribution in [1.29, 1.82) is 0 Å². The predicted octanol–water partition coefficient (Wildman–Crippen LogP) is 1.45. The average molecular weight is 269 g/mol. The molecule has 0 N–H and O–H groups in total. The van der Waals surface area contributed by atoms with E-state index >= 15 is 0 Å². The summed E-state index contributed by atoms with van der Waals surface area (Å²) in [5.74, 6) is -0.589. The number of amides is 1. The fraction of sp³-hybridized carbons (Fsp3) is 0.692. The summed E-state index contributed by atoms with van der Waals surface area (Å²) in [7, 11) is 1.27. The minimum atomic E-state index is -1.03. The first kappa shape index (κ1) is 13.9. The molecule has 1 saturated heterocycles. The number of rotatable bonds is 1. The minimum absolute atomic E-state index is 0.195. The van der Waals surface area contributed by atoms with Gasteiger partial charge in [0.1, 0.15) is 5.60 Å². The Hall–Kier alpha value is -1.56. The van der Waals surface area contributed by atoms with Crippen LogP contribution in [0, 0.1) is 0 Å². The number of hydrogen-bond acceptors (Lipinski definition) is 5. The molecule has 0 spiro atoms. The van der Waals surface area contributed by atoms with E-state index in [9.17, 15) is 9.59 Å². The molecule has 6 nitrogen and oxygen atoms in total. The largest absolute Gasteiger partial charge is 0.466 e. The van der Waals surface area contributed by atoms with Gasteiger partial charge < -0.3 is 14.2 Å². The van der Waals surface area contributed by atoms with Crippen molar-refractivity contribution in [3.05, 3.63) is 12.2 Å². The molecule has 19 heavy (non-hydrogen) atoms. The van der Waals surface area contributed by atoms with Gasteiger partial charge in [0.05, 0.1) is 19.3 Å². The molecule has 0 aromatic carbocycles. The molecule has 106 valence electrons. The summed E-state index contributed by atoms with van der Waals surface area (Å²) in [6, 6.07) is -0.195. The molecular weight excluding hydrogens is 250 g/mol. The molecule has 1 heterocycles. The van der Waals surface area contributed by atoms with Gasteiger partial charge in [0.2, 0.25) is 6.23 Å². The molecule has 2 aliphatic rings. The van der Waals surface area contributed by atoms with E-state index in [1.54, 1.807) is 20.8 Å². The first-order valence-corrected chi connectivity index (χ1v) is 6.25. The zero-order valence-corrected chi connectivity index (χ0v) is 11.6. The van der Waals surface area contributed by atoms with Crippen LogP contribution < -0.4 is 0 Å². The van der Waals surface area contributed by atoms with Crippen LogP contribution in [0.2, 0.25) is 0 Å². The Morgan fingerprint density at radius 3 is 2.63 bits per heavy atom. The van der Waals surface area contributed by atoms with E-state index in [0.29, 0.717) is 6.42 Å². The highest BCUT2D eigenvalue weighted by Crippen LogP contribution is 2.32. The summed E-state index contributed by atoms with van der Waals surface area (Å²) in [6.45, 7) is 5.33. The fourth-order valence-electron chi connectivity index (χ4n) is 2.23. The lowest BCUT2D eigenvalue weighted by atomic mass is 10.2. The van der Waals surface area contributed by atoms with Gasteiger partial charge in [0, 0.05) is 0 Å². The molecule has 6 heteroatoms. The minimum Gasteiger partial charge on any atom is -0.466 e. The van der Waals surface area contributed by atoms with Crippen LogP contribution in [0.25, 0.3) is 0 Å². The topological polar surface area (TPSA) is 65.1 Å². The van der Waals surface area contributed by atoms with Crippen molar-refractivity contribution in [3.63, 3.8) is 0 Å². The van der Waals surface area contributed by atoms with Gasteiger partial charge in [-0.05, 0) is 27.2 Å². The van der Waals surface area contributed by atoms with Gasteiger partial charge >= 0.3 is 12.1 Å². The molecule has 2 rings (SSSR count). The molecular formula is C13H19NO5. The maximum Gasteiger partial charge on any atom is 0.413 e. The van der Waals surface area contributed by atoms with Crippen LogP contribution in [0.3, 0.4) is 0 Å². The van der Waals surface area contributed by atoms with Gasteiger partial charge in [-0.25, -0.2) is 9.59 Å². The smallest absolute Gasteiger partial charge is 0.413 e. The van der Waals surface area contributed by atoms with Gasteiger partial charge in [-0.3, -0.25) is 4.90 Å². The molecule has 0 saturated carbocycles. The third-order valence-electron chi connectivity index (χ3n) is 2.99. The van der Waals surface area contributed by atoms with Crippen molar-refractivity contribution in [2.75, 3.05) is 7.11 Å². The van der Waals surface area contributed by atoms with Gasteiger partial charge in [0.25, 0.3) is 0 Å². The summed E-state index contributed by atoms with van der Waals surface area (Å²) >= 11 is 0. The van der Waals surface area contributed by atoms with Gasteiger partial charge in [-0.2, -0.15) is 0 Å². The van der Waals surface area contributed by atoms with Crippen molar-refractivity contribution >= 4 is 12.1 Å². The van der Waals surface area contributed by atoms with Gasteiger partial charge in [-0.15, -0.1) is 0 Å². The highest BCUT2D eigenvalue weighted by atomic mass is 16.6. The Balaban J connectivity index is 2.18. The number of esters is 1. The van der Waals surface area contributed by atoms with Gasteiger partial charge in [0.15, 0.2) is 0 Å². The van der Waals surface area contributed by atoms with Crippen LogP contribution in [0.1, 0.15) is 27.2 Å². The highest BCUT2D eigenvalue weighted by molar-refractivity contribution is 5.81. The zero-order valence-electron chi connectivity index (χ0n) is 11.6. The second-order valence-corrected chi connectivity index (χ2v) is 5.60. The third kappa shape index (κ3) is 2.73. The van der Waals surface area contributed by atoms with Crippen LogP contribution >= 0.6 is 0 Å². The van der Waals surface area contributed by atoms with Gasteiger partial charge in [-0.1, -0.05) is 12.2 Å². The predicted molar refractivity (Wildman–Crippen MR) is 66.3 cm³/mol. The van der Waals surface area contributed by atoms with E-state index in [4.69, 9.17) is 9.47 Å². The highest BCUT2D eigenvalue weighted by Gasteiger charge is 2.50. The number of carbonyl (C=O) groups is 2. The standard InChI is InChI=1S/C13H19NO5/c1-13(2,3)19-12(16)14-8-6-5-7-9(8)18-10(14)11(15)17-4/h5,7-10H,6H2,1-4H3/t8-,9+,10?/m1/s1. The van der Waals surface area contributed by atoms with E-state index in [1.807, 2.05) is 12.2 Å². The van der Waals surface area contributed by atoms with E-state index in [-0.39, 0.29) is 12.1 Å². The van der Waals surface area contributed by atoms with Crippen LogP contribution in [0.5, 0.6) is 0 Å². The van der Waals surface area contributed by atoms with Crippen molar-refractivity contribution in [3.8, 4) is 0 Å². The summed E-state index contributed by atoms with van der Waals surface area (Å²) in [5, 5.41) is 0. The Kier molecular flexibility index (Phi) is 3.54. The van der Waals surface area contributed by atoms with Crippen molar-refractivity contribution in [2.45, 2.75) is 51.2 Å². The van der Waals surface area contributed by atoms with Crippen LogP contribution in [-0.4, -0.2) is 48.0 Å². The Labute approximate surface area is 112 Å². The first-order chi connectivity index (χ1) is 8.83. The zero-order chi connectivity index (χ0) is 14.2. The Morgan fingerprint density at radius 2 is 2.05 bits per heavy atom. The Bertz CT molecular complexity index is 412. The van der Waals surface area contributed by atoms with Crippen molar-refractivity contribution in [2.24, 2.45) is 0 Å². The van der Waals surface area contributed by atoms with Crippen molar-refractivity contribution in [1.82, 2.24) is 4.90 Å². The quantitative estimate of drug-likeness (QED) is 0.532. The molecule has 1 unspecified atom stereocenters. The monoisotopic (exact) mass is 269 g/mol. The maximum atomic E-state index is 12.2. The van der Waals surface area contributed by atoms with Crippen LogP contribution in [-0.2, 0) is 19.0 Å². The molecule has 0 aromatic rings. The summed E-state index contributed by atoms with van der Waals surface area (Å²) < 4.78 is 15.5. The van der Waals surface area contributed by atoms with Crippen LogP contribution in [0.15, 0.2) is 12.2 Å². The first-order valence-electron chi connectivity index (χ1n) is 6.25. The molecule has 1 amide bonds. The molecule has 3 atom stereocenters. The summed E-state index contributed by atoms with van der Waals surface area (Å²) in [6.07, 6.45) is 2.58. The Morgan fingerprint density at radius 1 is 1.37 bits per heavy atom. The summed E-state index contributed by atoms with van der Waals surface area (Å²) in [4.78, 5) is 25.3. The molecule has 1 aliphatic heterocycles. The number of ether oxygens (including phenoxy) is 3. The number of carbonyl (C=O) groups excluding carboxylic acids is 2. The summed E-state index contributed by atoms with van der Waals surface area (Å²) in [5.41, 5.74) is -0.623. The van der Waals surface area contributed by atoms with E-state index in [2.05, 4.69) is 4.74 Å². The van der Waals surface area contributed by atoms with Crippen LogP contribution in [0.4, 0.5) is 4.79 Å². The number of fused-ring (bicyclic) bond motifs is 1. The normalized spacial score (nSPS) is 29.3. The lowest BCUT2D eigenvalue weighted by Gasteiger charge is -2.29.